The van der Waals surface area contributed by atoms with E-state index in [1.165, 1.54) is 0 Å². The van der Waals surface area contributed by atoms with Crippen molar-refractivity contribution in [2.45, 2.75) is 13.5 Å². The molecule has 3 aromatic carbocycles. The van der Waals surface area contributed by atoms with E-state index < -0.39 is 0 Å². The molecular weight excluding hydrogens is 396 g/mol. The second-order valence-electron chi connectivity index (χ2n) is 7.52. The molecule has 0 saturated heterocycles. The third kappa shape index (κ3) is 3.65. The Labute approximate surface area is 186 Å². The topological polar surface area (TPSA) is 59.3 Å². The normalized spacial score (nSPS) is 11.4. The quantitative estimate of drug-likeness (QED) is 0.297. The summed E-state index contributed by atoms with van der Waals surface area (Å²) in [5, 5.41) is 6.17. The van der Waals surface area contributed by atoms with E-state index in [9.17, 15) is 4.79 Å². The lowest BCUT2D eigenvalue weighted by atomic mass is 10.0. The van der Waals surface area contributed by atoms with E-state index >= 15 is 0 Å². The Balaban J connectivity index is 1.48. The number of para-hydroxylation sites is 2. The molecule has 156 valence electrons. The van der Waals surface area contributed by atoms with Crippen molar-refractivity contribution in [1.29, 1.82) is 0 Å². The predicted octanol–water partition coefficient (Wildman–Crippen LogP) is 5.64. The highest BCUT2D eigenvalue weighted by atomic mass is 16.2. The minimum Gasteiger partial charge on any atom is -0.347 e. The molecule has 0 saturated carbocycles. The summed E-state index contributed by atoms with van der Waals surface area (Å²) in [5.41, 5.74) is 7.85. The first-order valence-electron chi connectivity index (χ1n) is 10.6. The van der Waals surface area contributed by atoms with Crippen LogP contribution in [-0.2, 0) is 6.54 Å². The van der Waals surface area contributed by atoms with Crippen molar-refractivity contribution in [3.63, 3.8) is 0 Å². The van der Waals surface area contributed by atoms with Gasteiger partial charge in [-0.1, -0.05) is 66.7 Å². The van der Waals surface area contributed by atoms with E-state index in [1.54, 1.807) is 6.21 Å². The van der Waals surface area contributed by atoms with Crippen molar-refractivity contribution in [2.24, 2.45) is 5.10 Å². The Morgan fingerprint density at radius 3 is 2.50 bits per heavy atom. The minimum absolute atomic E-state index is 0.267. The fourth-order valence-corrected chi connectivity index (χ4v) is 3.98. The summed E-state index contributed by atoms with van der Waals surface area (Å²) in [6, 6.07) is 27.5. The number of hydrogen-bond acceptors (Lipinski definition) is 3. The first-order chi connectivity index (χ1) is 15.7. The SMILES string of the molecule is CCn1cc(/C=N\NC(=O)c2cc(-c3ccccc3)nc3ccccc23)c2ccccc21. The number of pyridine rings is 1. The van der Waals surface area contributed by atoms with Crippen LogP contribution in [0.5, 0.6) is 0 Å². The molecule has 1 amide bonds. The molecule has 5 heteroatoms. The van der Waals surface area contributed by atoms with Crippen molar-refractivity contribution in [3.8, 4) is 11.3 Å². The first kappa shape index (κ1) is 19.7. The molecule has 1 N–H and O–H groups in total. The van der Waals surface area contributed by atoms with Gasteiger partial charge in [0.1, 0.15) is 0 Å². The van der Waals surface area contributed by atoms with Crippen molar-refractivity contribution >= 4 is 33.9 Å². The van der Waals surface area contributed by atoms with E-state index in [-0.39, 0.29) is 5.91 Å². The standard InChI is InChI=1S/C27H22N4O/c1-2-31-18-20(21-12-7-9-15-26(21)31)17-28-30-27(32)23-16-25(19-10-4-3-5-11-19)29-24-14-8-6-13-22(23)24/h3-18H,2H2,1H3,(H,30,32)/b28-17-. The van der Waals surface area contributed by atoms with E-state index in [0.29, 0.717) is 5.56 Å². The van der Waals surface area contributed by atoms with Gasteiger partial charge < -0.3 is 4.57 Å². The number of rotatable bonds is 5. The summed E-state index contributed by atoms with van der Waals surface area (Å²) in [6.45, 7) is 2.97. The molecule has 2 aromatic heterocycles. The zero-order chi connectivity index (χ0) is 21.9. The Bertz CT molecular complexity index is 1450. The van der Waals surface area contributed by atoms with Crippen LogP contribution in [0.3, 0.4) is 0 Å². The monoisotopic (exact) mass is 418 g/mol. The number of aromatic nitrogens is 2. The highest BCUT2D eigenvalue weighted by Gasteiger charge is 2.13. The van der Waals surface area contributed by atoms with Gasteiger partial charge in [-0.25, -0.2) is 10.4 Å². The number of nitrogens with zero attached hydrogens (tertiary/aromatic N) is 3. The number of fused-ring (bicyclic) bond motifs is 2. The van der Waals surface area contributed by atoms with E-state index in [4.69, 9.17) is 4.98 Å². The zero-order valence-corrected chi connectivity index (χ0v) is 17.7. The highest BCUT2D eigenvalue weighted by Crippen LogP contribution is 2.25. The van der Waals surface area contributed by atoms with Gasteiger partial charge >= 0.3 is 0 Å². The van der Waals surface area contributed by atoms with Gasteiger partial charge in [-0.3, -0.25) is 4.79 Å². The molecule has 0 spiro atoms. The van der Waals surface area contributed by atoms with Gasteiger partial charge in [-0.15, -0.1) is 0 Å². The maximum atomic E-state index is 13.1. The third-order valence-corrected chi connectivity index (χ3v) is 5.56. The van der Waals surface area contributed by atoms with Crippen LogP contribution in [0.4, 0.5) is 0 Å². The summed E-state index contributed by atoms with van der Waals surface area (Å²) in [4.78, 5) is 17.8. The molecule has 5 aromatic rings. The van der Waals surface area contributed by atoms with Gasteiger partial charge in [-0.05, 0) is 25.1 Å². The molecular formula is C27H22N4O. The number of benzene rings is 3. The molecule has 0 fully saturated rings. The fraction of sp³-hybridized carbons (Fsp3) is 0.0741. The molecule has 5 rings (SSSR count). The first-order valence-corrected chi connectivity index (χ1v) is 10.6. The van der Waals surface area contributed by atoms with E-state index in [0.717, 1.165) is 45.2 Å². The average molecular weight is 419 g/mol. The average Bonchev–Trinajstić information content (AvgIpc) is 3.21. The van der Waals surface area contributed by atoms with Gasteiger partial charge in [-0.2, -0.15) is 5.10 Å². The van der Waals surface area contributed by atoms with Crippen LogP contribution < -0.4 is 5.43 Å². The minimum atomic E-state index is -0.267. The predicted molar refractivity (Wildman–Crippen MR) is 130 cm³/mol. The molecule has 2 heterocycles. The van der Waals surface area contributed by atoms with Crippen molar-refractivity contribution in [1.82, 2.24) is 15.0 Å². The molecule has 0 atom stereocenters. The van der Waals surface area contributed by atoms with Gasteiger partial charge in [0.25, 0.3) is 5.91 Å². The number of carbonyl (C=O) groups excluding carboxylic acids is 1. The van der Waals surface area contributed by atoms with Crippen LogP contribution in [-0.4, -0.2) is 21.7 Å². The third-order valence-electron chi connectivity index (χ3n) is 5.56. The number of nitrogens with one attached hydrogen (secondary N) is 1. The summed E-state index contributed by atoms with van der Waals surface area (Å²) in [6.07, 6.45) is 3.75. The second kappa shape index (κ2) is 8.47. The lowest BCUT2D eigenvalue weighted by molar-refractivity contribution is 0.0956. The Morgan fingerprint density at radius 1 is 0.969 bits per heavy atom. The molecule has 0 radical (unpaired) electrons. The van der Waals surface area contributed by atoms with Crippen LogP contribution in [0.15, 0.2) is 96.2 Å². The highest BCUT2D eigenvalue weighted by molar-refractivity contribution is 6.07. The lowest BCUT2D eigenvalue weighted by Crippen LogP contribution is -2.18. The number of hydrogen-bond donors (Lipinski definition) is 1. The molecule has 5 nitrogen and oxygen atoms in total. The van der Waals surface area contributed by atoms with Crippen LogP contribution in [0.25, 0.3) is 33.1 Å². The maximum absolute atomic E-state index is 13.1. The molecule has 0 aliphatic rings. The van der Waals surface area contributed by atoms with Gasteiger partial charge in [0, 0.05) is 40.2 Å². The molecule has 0 aliphatic carbocycles. The lowest BCUT2D eigenvalue weighted by Gasteiger charge is -2.09. The van der Waals surface area contributed by atoms with Crippen LogP contribution in [0.1, 0.15) is 22.8 Å². The molecule has 0 unspecified atom stereocenters. The number of hydrazone groups is 1. The summed E-state index contributed by atoms with van der Waals surface area (Å²) in [7, 11) is 0. The van der Waals surface area contributed by atoms with Crippen LogP contribution >= 0.6 is 0 Å². The number of amides is 1. The Kier molecular flexibility index (Phi) is 5.22. The van der Waals surface area contributed by atoms with Crippen LogP contribution in [0, 0.1) is 0 Å². The maximum Gasteiger partial charge on any atom is 0.272 e. The molecule has 0 bridgehead atoms. The smallest absolute Gasteiger partial charge is 0.272 e. The summed E-state index contributed by atoms with van der Waals surface area (Å²) < 4.78 is 2.17. The van der Waals surface area contributed by atoms with E-state index in [1.807, 2.05) is 72.8 Å². The number of carbonyl (C=O) groups is 1. The fourth-order valence-electron chi connectivity index (χ4n) is 3.98. The van der Waals surface area contributed by atoms with Gasteiger partial charge in [0.2, 0.25) is 0 Å². The van der Waals surface area contributed by atoms with Crippen molar-refractivity contribution in [3.05, 3.63) is 102 Å². The molecule has 0 aliphatic heterocycles. The second-order valence-corrected chi connectivity index (χ2v) is 7.52. The Hall–Kier alpha value is -4.25. The molecule has 32 heavy (non-hydrogen) atoms. The van der Waals surface area contributed by atoms with Crippen LogP contribution in [0.2, 0.25) is 0 Å². The van der Waals surface area contributed by atoms with Gasteiger partial charge in [0.05, 0.1) is 23.0 Å². The number of aryl methyl sites for hydroxylation is 1. The van der Waals surface area contributed by atoms with E-state index in [2.05, 4.69) is 40.3 Å². The van der Waals surface area contributed by atoms with Crippen molar-refractivity contribution in [2.75, 3.05) is 0 Å². The summed E-state index contributed by atoms with van der Waals surface area (Å²) in [5.74, 6) is -0.267. The largest absolute Gasteiger partial charge is 0.347 e. The zero-order valence-electron chi connectivity index (χ0n) is 17.7. The Morgan fingerprint density at radius 2 is 1.69 bits per heavy atom. The van der Waals surface area contributed by atoms with Gasteiger partial charge in [0.15, 0.2) is 0 Å². The summed E-state index contributed by atoms with van der Waals surface area (Å²) >= 11 is 0. The van der Waals surface area contributed by atoms with Crippen molar-refractivity contribution < 1.29 is 4.79 Å².